The second kappa shape index (κ2) is 6.36. The number of rotatable bonds is 4. The molecule has 3 nitrogen and oxygen atoms in total. The van der Waals surface area contributed by atoms with Crippen molar-refractivity contribution in [3.05, 3.63) is 42.0 Å². The molecule has 1 amide bonds. The van der Waals surface area contributed by atoms with Crippen molar-refractivity contribution in [1.82, 2.24) is 5.32 Å². The lowest BCUT2D eigenvalue weighted by molar-refractivity contribution is -0.116. The van der Waals surface area contributed by atoms with Crippen molar-refractivity contribution in [2.45, 2.75) is 25.4 Å². The van der Waals surface area contributed by atoms with Gasteiger partial charge in [-0.3, -0.25) is 4.79 Å². The van der Waals surface area contributed by atoms with Gasteiger partial charge >= 0.3 is 0 Å². The van der Waals surface area contributed by atoms with Crippen LogP contribution in [0.25, 0.3) is 6.08 Å². The Hall–Kier alpha value is -1.61. The SMILES string of the molecule is O=C(C=Cc1ccccc1)NCC1CCCC1O. The fraction of sp³-hybridized carbons (Fsp3) is 0.400. The summed E-state index contributed by atoms with van der Waals surface area (Å²) in [5.41, 5.74) is 1.01. The van der Waals surface area contributed by atoms with Crippen LogP contribution in [-0.4, -0.2) is 23.7 Å². The van der Waals surface area contributed by atoms with Crippen LogP contribution in [0.5, 0.6) is 0 Å². The number of nitrogens with one attached hydrogen (secondary N) is 1. The molecule has 1 fully saturated rings. The predicted molar refractivity (Wildman–Crippen MR) is 71.8 cm³/mol. The molecule has 0 aromatic heterocycles. The van der Waals surface area contributed by atoms with E-state index in [2.05, 4.69) is 5.32 Å². The van der Waals surface area contributed by atoms with Crippen molar-refractivity contribution < 1.29 is 9.90 Å². The fourth-order valence-electron chi connectivity index (χ4n) is 2.28. The first-order valence-electron chi connectivity index (χ1n) is 6.45. The highest BCUT2D eigenvalue weighted by atomic mass is 16.3. The van der Waals surface area contributed by atoms with Gasteiger partial charge in [-0.2, -0.15) is 0 Å². The second-order valence-corrected chi connectivity index (χ2v) is 4.75. The molecule has 1 aromatic carbocycles. The Labute approximate surface area is 108 Å². The molecule has 1 aliphatic rings. The van der Waals surface area contributed by atoms with Crippen molar-refractivity contribution in [3.8, 4) is 0 Å². The molecule has 0 heterocycles. The number of carbonyl (C=O) groups excluding carboxylic acids is 1. The van der Waals surface area contributed by atoms with Gasteiger partial charge in [-0.15, -0.1) is 0 Å². The zero-order valence-electron chi connectivity index (χ0n) is 10.4. The Morgan fingerprint density at radius 2 is 2.11 bits per heavy atom. The van der Waals surface area contributed by atoms with Gasteiger partial charge < -0.3 is 10.4 Å². The summed E-state index contributed by atoms with van der Waals surface area (Å²) in [6.45, 7) is 0.569. The molecule has 0 aliphatic heterocycles. The molecule has 3 heteroatoms. The molecule has 2 N–H and O–H groups in total. The van der Waals surface area contributed by atoms with E-state index in [1.54, 1.807) is 6.08 Å². The van der Waals surface area contributed by atoms with Crippen LogP contribution >= 0.6 is 0 Å². The minimum Gasteiger partial charge on any atom is -0.393 e. The van der Waals surface area contributed by atoms with Gasteiger partial charge in [-0.25, -0.2) is 0 Å². The maximum absolute atomic E-state index is 11.6. The zero-order valence-corrected chi connectivity index (χ0v) is 10.4. The molecule has 2 unspecified atom stereocenters. The molecule has 96 valence electrons. The molecule has 1 aliphatic carbocycles. The second-order valence-electron chi connectivity index (χ2n) is 4.75. The third kappa shape index (κ3) is 3.70. The first kappa shape index (κ1) is 12.8. The predicted octanol–water partition coefficient (Wildman–Crippen LogP) is 1.98. The van der Waals surface area contributed by atoms with Crippen molar-refractivity contribution in [1.29, 1.82) is 0 Å². The number of hydrogen-bond acceptors (Lipinski definition) is 2. The largest absolute Gasteiger partial charge is 0.393 e. The van der Waals surface area contributed by atoms with Crippen LogP contribution < -0.4 is 5.32 Å². The van der Waals surface area contributed by atoms with E-state index < -0.39 is 0 Å². The molecule has 0 bridgehead atoms. The smallest absolute Gasteiger partial charge is 0.244 e. The summed E-state index contributed by atoms with van der Waals surface area (Å²) in [4.78, 5) is 11.6. The summed E-state index contributed by atoms with van der Waals surface area (Å²) >= 11 is 0. The van der Waals surface area contributed by atoms with E-state index in [-0.39, 0.29) is 17.9 Å². The Morgan fingerprint density at radius 1 is 1.33 bits per heavy atom. The zero-order chi connectivity index (χ0) is 12.8. The van der Waals surface area contributed by atoms with Gasteiger partial charge in [0.15, 0.2) is 0 Å². The van der Waals surface area contributed by atoms with E-state index >= 15 is 0 Å². The molecule has 1 aromatic rings. The third-order valence-corrected chi connectivity index (χ3v) is 3.38. The summed E-state index contributed by atoms with van der Waals surface area (Å²) in [7, 11) is 0. The Morgan fingerprint density at radius 3 is 2.78 bits per heavy atom. The van der Waals surface area contributed by atoms with Crippen LogP contribution in [0.2, 0.25) is 0 Å². The number of amides is 1. The van der Waals surface area contributed by atoms with Crippen molar-refractivity contribution in [2.24, 2.45) is 5.92 Å². The average Bonchev–Trinajstić information content (AvgIpc) is 2.81. The van der Waals surface area contributed by atoms with Crippen molar-refractivity contribution >= 4 is 12.0 Å². The maximum Gasteiger partial charge on any atom is 0.244 e. The van der Waals surface area contributed by atoms with Crippen LogP contribution in [0.3, 0.4) is 0 Å². The highest BCUT2D eigenvalue weighted by Crippen LogP contribution is 2.24. The van der Waals surface area contributed by atoms with Crippen LogP contribution in [0.1, 0.15) is 24.8 Å². The van der Waals surface area contributed by atoms with Gasteiger partial charge in [0.05, 0.1) is 6.10 Å². The normalized spacial score (nSPS) is 23.4. The lowest BCUT2D eigenvalue weighted by Gasteiger charge is -2.13. The third-order valence-electron chi connectivity index (χ3n) is 3.38. The van der Waals surface area contributed by atoms with Gasteiger partial charge in [0.25, 0.3) is 0 Å². The van der Waals surface area contributed by atoms with Gasteiger partial charge in [-0.1, -0.05) is 36.8 Å². The van der Waals surface area contributed by atoms with Crippen LogP contribution in [0.15, 0.2) is 36.4 Å². The molecule has 2 rings (SSSR count). The number of carbonyl (C=O) groups is 1. The topological polar surface area (TPSA) is 49.3 Å². The lowest BCUT2D eigenvalue weighted by Crippen LogP contribution is -2.31. The Balaban J connectivity index is 1.77. The number of hydrogen-bond donors (Lipinski definition) is 2. The van der Waals surface area contributed by atoms with Crippen LogP contribution in [0, 0.1) is 5.92 Å². The molecule has 18 heavy (non-hydrogen) atoms. The monoisotopic (exact) mass is 245 g/mol. The minimum atomic E-state index is -0.247. The summed E-state index contributed by atoms with van der Waals surface area (Å²) in [6, 6.07) is 9.72. The summed E-state index contributed by atoms with van der Waals surface area (Å²) < 4.78 is 0. The maximum atomic E-state index is 11.6. The van der Waals surface area contributed by atoms with E-state index in [9.17, 15) is 9.90 Å². The highest BCUT2D eigenvalue weighted by Gasteiger charge is 2.24. The summed E-state index contributed by atoms with van der Waals surface area (Å²) in [5.74, 6) is 0.122. The van der Waals surface area contributed by atoms with E-state index in [4.69, 9.17) is 0 Å². The van der Waals surface area contributed by atoms with Gasteiger partial charge in [0, 0.05) is 18.5 Å². The first-order valence-corrected chi connectivity index (χ1v) is 6.45. The molecule has 0 saturated heterocycles. The van der Waals surface area contributed by atoms with E-state index in [0.717, 1.165) is 24.8 Å². The quantitative estimate of drug-likeness (QED) is 0.797. The number of aliphatic hydroxyl groups is 1. The van der Waals surface area contributed by atoms with Gasteiger partial charge in [0.1, 0.15) is 0 Å². The van der Waals surface area contributed by atoms with E-state index in [1.807, 2.05) is 30.3 Å². The van der Waals surface area contributed by atoms with Crippen molar-refractivity contribution in [2.75, 3.05) is 6.54 Å². The fourth-order valence-corrected chi connectivity index (χ4v) is 2.28. The molecule has 0 spiro atoms. The molecule has 2 atom stereocenters. The molecule has 0 radical (unpaired) electrons. The summed E-state index contributed by atoms with van der Waals surface area (Å²) in [6.07, 6.45) is 6.01. The molecular weight excluding hydrogens is 226 g/mol. The minimum absolute atomic E-state index is 0.0991. The lowest BCUT2D eigenvalue weighted by atomic mass is 10.1. The van der Waals surface area contributed by atoms with E-state index in [1.165, 1.54) is 6.08 Å². The first-order chi connectivity index (χ1) is 8.75. The van der Waals surface area contributed by atoms with Crippen molar-refractivity contribution in [3.63, 3.8) is 0 Å². The Kier molecular flexibility index (Phi) is 4.53. The highest BCUT2D eigenvalue weighted by molar-refractivity contribution is 5.91. The average molecular weight is 245 g/mol. The van der Waals surface area contributed by atoms with Crippen LogP contribution in [-0.2, 0) is 4.79 Å². The standard InChI is InChI=1S/C15H19NO2/c17-14-8-4-7-13(14)11-16-15(18)10-9-12-5-2-1-3-6-12/h1-3,5-6,9-10,13-14,17H,4,7-8,11H2,(H,16,18). The molecular formula is C15H19NO2. The van der Waals surface area contributed by atoms with Crippen LogP contribution in [0.4, 0.5) is 0 Å². The van der Waals surface area contributed by atoms with Gasteiger partial charge in [-0.05, 0) is 24.5 Å². The Bertz CT molecular complexity index is 414. The summed E-state index contributed by atoms with van der Waals surface area (Å²) in [5, 5.41) is 12.5. The number of benzene rings is 1. The number of aliphatic hydroxyl groups excluding tert-OH is 1. The van der Waals surface area contributed by atoms with Gasteiger partial charge in [0.2, 0.25) is 5.91 Å². The molecule has 1 saturated carbocycles. The van der Waals surface area contributed by atoms with E-state index in [0.29, 0.717) is 6.54 Å².